The summed E-state index contributed by atoms with van der Waals surface area (Å²) < 4.78 is 5.09. The van der Waals surface area contributed by atoms with Gasteiger partial charge in [-0.25, -0.2) is 9.89 Å². The first-order chi connectivity index (χ1) is 7.90. The summed E-state index contributed by atoms with van der Waals surface area (Å²) in [5.41, 5.74) is -0.519. The van der Waals surface area contributed by atoms with Crippen molar-refractivity contribution in [1.82, 2.24) is 15.2 Å². The molecule has 0 aromatic carbocycles. The van der Waals surface area contributed by atoms with E-state index in [1.165, 1.54) is 0 Å². The number of anilines is 1. The summed E-state index contributed by atoms with van der Waals surface area (Å²) in [6.45, 7) is 7.52. The van der Waals surface area contributed by atoms with Crippen LogP contribution < -0.4 is 5.32 Å². The summed E-state index contributed by atoms with van der Waals surface area (Å²) in [5.74, 6) is 1.03. The van der Waals surface area contributed by atoms with Gasteiger partial charge in [0.15, 0.2) is 5.82 Å². The van der Waals surface area contributed by atoms with Gasteiger partial charge >= 0.3 is 6.09 Å². The first kappa shape index (κ1) is 13.5. The number of unbranched alkanes of at least 4 members (excludes halogenated alkanes) is 1. The lowest BCUT2D eigenvalue weighted by molar-refractivity contribution is 0.0634. The molecule has 1 heterocycles. The molecule has 0 aliphatic rings. The van der Waals surface area contributed by atoms with Gasteiger partial charge in [0.25, 0.3) is 0 Å². The molecule has 1 aromatic heterocycles. The lowest BCUT2D eigenvalue weighted by Crippen LogP contribution is -2.27. The summed E-state index contributed by atoms with van der Waals surface area (Å²) >= 11 is 0. The van der Waals surface area contributed by atoms with Gasteiger partial charge < -0.3 is 4.74 Å². The van der Waals surface area contributed by atoms with E-state index in [1.54, 1.807) is 20.8 Å². The van der Waals surface area contributed by atoms with Crippen LogP contribution in [0.25, 0.3) is 0 Å². The van der Waals surface area contributed by atoms with Gasteiger partial charge in [-0.05, 0) is 27.2 Å². The Hall–Kier alpha value is -1.59. The minimum absolute atomic E-state index is 0.324. The SMILES string of the molecule is CCCCc1n[nH]c(NC(=O)OC(C)(C)C)n1. The van der Waals surface area contributed by atoms with E-state index in [1.807, 2.05) is 0 Å². The monoisotopic (exact) mass is 240 g/mol. The largest absolute Gasteiger partial charge is 0.444 e. The quantitative estimate of drug-likeness (QED) is 0.847. The number of carbonyl (C=O) groups excluding carboxylic acids is 1. The summed E-state index contributed by atoms with van der Waals surface area (Å²) in [4.78, 5) is 15.6. The molecule has 1 rings (SSSR count). The van der Waals surface area contributed by atoms with Crippen LogP contribution in [0.5, 0.6) is 0 Å². The van der Waals surface area contributed by atoms with Gasteiger partial charge in [0.2, 0.25) is 5.95 Å². The van der Waals surface area contributed by atoms with E-state index < -0.39 is 11.7 Å². The van der Waals surface area contributed by atoms with Crippen molar-refractivity contribution in [2.75, 3.05) is 5.32 Å². The predicted molar refractivity (Wildman–Crippen MR) is 64.9 cm³/mol. The number of nitrogens with one attached hydrogen (secondary N) is 2. The first-order valence-electron chi connectivity index (χ1n) is 5.82. The molecule has 96 valence electrons. The van der Waals surface area contributed by atoms with E-state index in [9.17, 15) is 4.79 Å². The molecule has 0 radical (unpaired) electrons. The zero-order valence-electron chi connectivity index (χ0n) is 10.8. The maximum Gasteiger partial charge on any atom is 0.414 e. The number of carbonyl (C=O) groups is 1. The van der Waals surface area contributed by atoms with Crippen molar-refractivity contribution < 1.29 is 9.53 Å². The Labute approximate surface area is 101 Å². The number of amides is 1. The highest BCUT2D eigenvalue weighted by molar-refractivity contribution is 5.82. The molecule has 0 unspecified atom stereocenters. The second-order valence-corrected chi connectivity index (χ2v) is 4.83. The third-order valence-electron chi connectivity index (χ3n) is 1.91. The lowest BCUT2D eigenvalue weighted by atomic mass is 10.2. The van der Waals surface area contributed by atoms with Gasteiger partial charge in [-0.3, -0.25) is 5.32 Å². The lowest BCUT2D eigenvalue weighted by Gasteiger charge is -2.18. The fourth-order valence-electron chi connectivity index (χ4n) is 1.20. The molecule has 0 bridgehead atoms. The zero-order chi connectivity index (χ0) is 12.9. The Kier molecular flexibility index (Phi) is 4.48. The average molecular weight is 240 g/mol. The summed E-state index contributed by atoms with van der Waals surface area (Å²) in [6.07, 6.45) is 2.39. The molecule has 17 heavy (non-hydrogen) atoms. The molecule has 0 aliphatic carbocycles. The third-order valence-corrected chi connectivity index (χ3v) is 1.91. The Morgan fingerprint density at radius 1 is 1.47 bits per heavy atom. The maximum atomic E-state index is 11.4. The molecule has 1 amide bonds. The van der Waals surface area contributed by atoms with Crippen molar-refractivity contribution in [3.63, 3.8) is 0 Å². The number of nitrogens with zero attached hydrogens (tertiary/aromatic N) is 2. The number of ether oxygens (including phenoxy) is 1. The highest BCUT2D eigenvalue weighted by atomic mass is 16.6. The summed E-state index contributed by atoms with van der Waals surface area (Å²) in [7, 11) is 0. The average Bonchev–Trinajstić information content (AvgIpc) is 2.59. The number of aryl methyl sites for hydroxylation is 1. The van der Waals surface area contributed by atoms with Crippen molar-refractivity contribution in [2.45, 2.75) is 52.6 Å². The van der Waals surface area contributed by atoms with E-state index in [0.29, 0.717) is 11.8 Å². The Bertz CT molecular complexity index is 368. The van der Waals surface area contributed by atoms with Crippen molar-refractivity contribution in [3.8, 4) is 0 Å². The molecule has 0 fully saturated rings. The first-order valence-corrected chi connectivity index (χ1v) is 5.82. The molecule has 0 spiro atoms. The molecule has 0 saturated carbocycles. The molecule has 2 N–H and O–H groups in total. The normalized spacial score (nSPS) is 11.3. The third kappa shape index (κ3) is 5.33. The highest BCUT2D eigenvalue weighted by Gasteiger charge is 2.17. The molecule has 0 aliphatic heterocycles. The molecule has 0 atom stereocenters. The Morgan fingerprint density at radius 2 is 2.18 bits per heavy atom. The van der Waals surface area contributed by atoms with Gasteiger partial charge in [0, 0.05) is 6.42 Å². The second-order valence-electron chi connectivity index (χ2n) is 4.83. The number of H-pyrrole nitrogens is 1. The van der Waals surface area contributed by atoms with Gasteiger partial charge in [0.1, 0.15) is 5.60 Å². The van der Waals surface area contributed by atoms with Gasteiger partial charge in [-0.2, -0.15) is 10.1 Å². The van der Waals surface area contributed by atoms with Crippen LogP contribution in [0, 0.1) is 0 Å². The fraction of sp³-hybridized carbons (Fsp3) is 0.727. The summed E-state index contributed by atoms with van der Waals surface area (Å²) in [6, 6.07) is 0. The van der Waals surface area contributed by atoms with Gasteiger partial charge in [0.05, 0.1) is 0 Å². The van der Waals surface area contributed by atoms with E-state index in [2.05, 4.69) is 27.4 Å². The van der Waals surface area contributed by atoms with Crippen LogP contribution in [0.15, 0.2) is 0 Å². The van der Waals surface area contributed by atoms with Crippen molar-refractivity contribution in [3.05, 3.63) is 5.82 Å². The van der Waals surface area contributed by atoms with E-state index in [0.717, 1.165) is 19.3 Å². The fourth-order valence-corrected chi connectivity index (χ4v) is 1.20. The van der Waals surface area contributed by atoms with Crippen LogP contribution >= 0.6 is 0 Å². The van der Waals surface area contributed by atoms with Crippen LogP contribution in [0.1, 0.15) is 46.4 Å². The van der Waals surface area contributed by atoms with Crippen molar-refractivity contribution in [2.24, 2.45) is 0 Å². The molecule has 6 nitrogen and oxygen atoms in total. The highest BCUT2D eigenvalue weighted by Crippen LogP contribution is 2.09. The number of hydrogen-bond donors (Lipinski definition) is 2. The molecule has 1 aromatic rings. The predicted octanol–water partition coefficient (Wildman–Crippen LogP) is 2.49. The number of hydrogen-bond acceptors (Lipinski definition) is 4. The number of aromatic amines is 1. The van der Waals surface area contributed by atoms with Gasteiger partial charge in [-0.1, -0.05) is 13.3 Å². The molecule has 0 saturated heterocycles. The second kappa shape index (κ2) is 5.65. The van der Waals surface area contributed by atoms with E-state index in [4.69, 9.17) is 4.74 Å². The summed E-state index contributed by atoms with van der Waals surface area (Å²) in [5, 5.41) is 9.16. The van der Waals surface area contributed by atoms with Crippen molar-refractivity contribution in [1.29, 1.82) is 0 Å². The number of aromatic nitrogens is 3. The standard InChI is InChI=1S/C11H20N4O2/c1-5-6-7-8-12-9(15-14-8)13-10(16)17-11(2,3)4/h5-7H2,1-4H3,(H2,12,13,14,15,16). The number of rotatable bonds is 4. The van der Waals surface area contributed by atoms with Gasteiger partial charge in [-0.15, -0.1) is 0 Å². The topological polar surface area (TPSA) is 79.9 Å². The van der Waals surface area contributed by atoms with Crippen molar-refractivity contribution >= 4 is 12.0 Å². The smallest absolute Gasteiger partial charge is 0.414 e. The molecular formula is C11H20N4O2. The van der Waals surface area contributed by atoms with Crippen LogP contribution in [0.4, 0.5) is 10.7 Å². The zero-order valence-corrected chi connectivity index (χ0v) is 10.8. The minimum Gasteiger partial charge on any atom is -0.444 e. The minimum atomic E-state index is -0.532. The maximum absolute atomic E-state index is 11.4. The van der Waals surface area contributed by atoms with Crippen LogP contribution in [0.2, 0.25) is 0 Å². The molecular weight excluding hydrogens is 220 g/mol. The Morgan fingerprint density at radius 3 is 2.76 bits per heavy atom. The van der Waals surface area contributed by atoms with Crippen LogP contribution in [-0.2, 0) is 11.2 Å². The van der Waals surface area contributed by atoms with E-state index >= 15 is 0 Å². The van der Waals surface area contributed by atoms with Crippen LogP contribution in [-0.4, -0.2) is 26.9 Å². The Balaban J connectivity index is 2.46. The molecule has 6 heteroatoms. The van der Waals surface area contributed by atoms with E-state index in [-0.39, 0.29) is 0 Å². The van der Waals surface area contributed by atoms with Crippen LogP contribution in [0.3, 0.4) is 0 Å².